The second kappa shape index (κ2) is 9.07. The van der Waals surface area contributed by atoms with Gasteiger partial charge in [-0.15, -0.1) is 24.0 Å². The SMILES string of the molecule is CCCN=C(NCC)N1CCCC(C)C1.I. The third kappa shape index (κ3) is 5.37. The topological polar surface area (TPSA) is 27.6 Å². The fourth-order valence-corrected chi connectivity index (χ4v) is 2.03. The maximum atomic E-state index is 4.62. The van der Waals surface area contributed by atoms with E-state index in [1.807, 2.05) is 0 Å². The number of nitrogens with zero attached hydrogens (tertiary/aromatic N) is 2. The van der Waals surface area contributed by atoms with Gasteiger partial charge in [0.15, 0.2) is 5.96 Å². The highest BCUT2D eigenvalue weighted by atomic mass is 127. The maximum absolute atomic E-state index is 4.62. The van der Waals surface area contributed by atoms with Gasteiger partial charge in [0.2, 0.25) is 0 Å². The van der Waals surface area contributed by atoms with E-state index in [0.29, 0.717) is 0 Å². The van der Waals surface area contributed by atoms with E-state index in [2.05, 4.69) is 36.0 Å². The molecule has 16 heavy (non-hydrogen) atoms. The Kier molecular flexibility index (Phi) is 9.07. The molecule has 0 aromatic rings. The zero-order valence-corrected chi connectivity index (χ0v) is 13.2. The zero-order valence-electron chi connectivity index (χ0n) is 10.8. The van der Waals surface area contributed by atoms with Crippen LogP contribution in [0.3, 0.4) is 0 Å². The zero-order chi connectivity index (χ0) is 11.1. The van der Waals surface area contributed by atoms with Crippen LogP contribution in [-0.4, -0.2) is 37.0 Å². The Bertz CT molecular complexity index is 206. The molecule has 1 unspecified atom stereocenters. The van der Waals surface area contributed by atoms with Crippen LogP contribution in [0.5, 0.6) is 0 Å². The van der Waals surface area contributed by atoms with Crippen LogP contribution in [0.15, 0.2) is 4.99 Å². The first kappa shape index (κ1) is 16.0. The normalized spacial score (nSPS) is 21.6. The monoisotopic (exact) mass is 339 g/mol. The molecule has 1 N–H and O–H groups in total. The highest BCUT2D eigenvalue weighted by molar-refractivity contribution is 14.0. The molecule has 1 rings (SSSR count). The molecule has 1 saturated heterocycles. The third-order valence-corrected chi connectivity index (χ3v) is 2.78. The predicted molar refractivity (Wildman–Crippen MR) is 81.7 cm³/mol. The summed E-state index contributed by atoms with van der Waals surface area (Å²) in [6.45, 7) is 10.9. The van der Waals surface area contributed by atoms with Gasteiger partial charge in [-0.05, 0) is 32.1 Å². The molecule has 1 fully saturated rings. The van der Waals surface area contributed by atoms with Crippen molar-refractivity contribution in [2.45, 2.75) is 40.0 Å². The van der Waals surface area contributed by atoms with E-state index in [1.165, 1.54) is 19.4 Å². The van der Waals surface area contributed by atoms with Crippen LogP contribution < -0.4 is 5.32 Å². The fraction of sp³-hybridized carbons (Fsp3) is 0.917. The highest BCUT2D eigenvalue weighted by Gasteiger charge is 2.18. The number of nitrogens with one attached hydrogen (secondary N) is 1. The molecule has 1 heterocycles. The molecule has 4 heteroatoms. The molecule has 1 aliphatic rings. The van der Waals surface area contributed by atoms with Crippen molar-refractivity contribution in [3.05, 3.63) is 0 Å². The number of piperidine rings is 1. The molecule has 0 aromatic heterocycles. The lowest BCUT2D eigenvalue weighted by Gasteiger charge is -2.33. The van der Waals surface area contributed by atoms with Crippen LogP contribution in [0.1, 0.15) is 40.0 Å². The molecule has 1 atom stereocenters. The van der Waals surface area contributed by atoms with Crippen molar-refractivity contribution < 1.29 is 0 Å². The van der Waals surface area contributed by atoms with Gasteiger partial charge in [0, 0.05) is 26.2 Å². The van der Waals surface area contributed by atoms with Gasteiger partial charge >= 0.3 is 0 Å². The van der Waals surface area contributed by atoms with Crippen LogP contribution in [0.2, 0.25) is 0 Å². The number of rotatable bonds is 3. The molecule has 0 radical (unpaired) electrons. The van der Waals surface area contributed by atoms with Gasteiger partial charge < -0.3 is 10.2 Å². The van der Waals surface area contributed by atoms with E-state index in [0.717, 1.165) is 37.9 Å². The molecule has 0 amide bonds. The molecule has 1 aliphatic heterocycles. The predicted octanol–water partition coefficient (Wildman–Crippen LogP) is 2.71. The van der Waals surface area contributed by atoms with Crippen LogP contribution in [0.4, 0.5) is 0 Å². The van der Waals surface area contributed by atoms with Gasteiger partial charge in [0.25, 0.3) is 0 Å². The lowest BCUT2D eigenvalue weighted by atomic mass is 10.0. The van der Waals surface area contributed by atoms with Crippen LogP contribution in [0, 0.1) is 5.92 Å². The minimum atomic E-state index is 0. The summed E-state index contributed by atoms with van der Waals surface area (Å²) < 4.78 is 0. The van der Waals surface area contributed by atoms with Gasteiger partial charge in [-0.25, -0.2) is 0 Å². The number of hydrogen-bond acceptors (Lipinski definition) is 1. The summed E-state index contributed by atoms with van der Waals surface area (Å²) in [5.74, 6) is 1.93. The minimum absolute atomic E-state index is 0. The van der Waals surface area contributed by atoms with Crippen molar-refractivity contribution in [3.8, 4) is 0 Å². The summed E-state index contributed by atoms with van der Waals surface area (Å²) in [4.78, 5) is 7.03. The Morgan fingerprint density at radius 1 is 1.44 bits per heavy atom. The Hall–Kier alpha value is 0. The Morgan fingerprint density at radius 2 is 2.19 bits per heavy atom. The van der Waals surface area contributed by atoms with Crippen molar-refractivity contribution in [1.82, 2.24) is 10.2 Å². The van der Waals surface area contributed by atoms with E-state index in [4.69, 9.17) is 0 Å². The van der Waals surface area contributed by atoms with Crippen LogP contribution in [0.25, 0.3) is 0 Å². The Balaban J connectivity index is 0.00000225. The number of hydrogen-bond donors (Lipinski definition) is 1. The second-order valence-corrected chi connectivity index (χ2v) is 4.43. The average Bonchev–Trinajstić information content (AvgIpc) is 2.24. The molecule has 0 saturated carbocycles. The molecule has 0 bridgehead atoms. The molecular formula is C12H26IN3. The minimum Gasteiger partial charge on any atom is -0.357 e. The fourth-order valence-electron chi connectivity index (χ4n) is 2.03. The van der Waals surface area contributed by atoms with E-state index in [1.54, 1.807) is 0 Å². The quantitative estimate of drug-likeness (QED) is 0.486. The third-order valence-electron chi connectivity index (χ3n) is 2.78. The van der Waals surface area contributed by atoms with Crippen molar-refractivity contribution in [2.24, 2.45) is 10.9 Å². The number of likely N-dealkylation sites (tertiary alicyclic amines) is 1. The molecule has 96 valence electrons. The van der Waals surface area contributed by atoms with Gasteiger partial charge in [0.05, 0.1) is 0 Å². The largest absolute Gasteiger partial charge is 0.357 e. The van der Waals surface area contributed by atoms with E-state index >= 15 is 0 Å². The maximum Gasteiger partial charge on any atom is 0.193 e. The lowest BCUT2D eigenvalue weighted by molar-refractivity contribution is 0.266. The summed E-state index contributed by atoms with van der Waals surface area (Å²) in [5, 5.41) is 3.38. The van der Waals surface area contributed by atoms with Gasteiger partial charge in [-0.1, -0.05) is 13.8 Å². The van der Waals surface area contributed by atoms with Gasteiger partial charge in [-0.2, -0.15) is 0 Å². The standard InChI is InChI=1S/C12H25N3.HI/c1-4-8-14-12(13-5-2)15-9-6-7-11(3)10-15;/h11H,4-10H2,1-3H3,(H,13,14);1H. The summed E-state index contributed by atoms with van der Waals surface area (Å²) in [6.07, 6.45) is 3.79. The van der Waals surface area contributed by atoms with Crippen LogP contribution >= 0.6 is 24.0 Å². The molecular weight excluding hydrogens is 313 g/mol. The molecule has 0 spiro atoms. The summed E-state index contributed by atoms with van der Waals surface area (Å²) in [6, 6.07) is 0. The second-order valence-electron chi connectivity index (χ2n) is 4.43. The van der Waals surface area contributed by atoms with Crippen molar-refractivity contribution in [2.75, 3.05) is 26.2 Å². The average molecular weight is 339 g/mol. The van der Waals surface area contributed by atoms with Gasteiger partial charge in [0.1, 0.15) is 0 Å². The van der Waals surface area contributed by atoms with E-state index < -0.39 is 0 Å². The Morgan fingerprint density at radius 3 is 2.75 bits per heavy atom. The number of halogens is 1. The van der Waals surface area contributed by atoms with Crippen molar-refractivity contribution >= 4 is 29.9 Å². The first-order chi connectivity index (χ1) is 7.27. The lowest BCUT2D eigenvalue weighted by Crippen LogP contribution is -2.46. The first-order valence-electron chi connectivity index (χ1n) is 6.31. The highest BCUT2D eigenvalue weighted by Crippen LogP contribution is 2.15. The smallest absolute Gasteiger partial charge is 0.193 e. The van der Waals surface area contributed by atoms with Crippen molar-refractivity contribution in [1.29, 1.82) is 0 Å². The molecule has 3 nitrogen and oxygen atoms in total. The number of aliphatic imine (C=N–C) groups is 1. The van der Waals surface area contributed by atoms with E-state index in [9.17, 15) is 0 Å². The van der Waals surface area contributed by atoms with Crippen molar-refractivity contribution in [3.63, 3.8) is 0 Å². The van der Waals surface area contributed by atoms with E-state index in [-0.39, 0.29) is 24.0 Å². The van der Waals surface area contributed by atoms with Gasteiger partial charge in [-0.3, -0.25) is 4.99 Å². The summed E-state index contributed by atoms with van der Waals surface area (Å²) in [7, 11) is 0. The first-order valence-corrected chi connectivity index (χ1v) is 6.31. The summed E-state index contributed by atoms with van der Waals surface area (Å²) >= 11 is 0. The molecule has 0 aliphatic carbocycles. The number of guanidine groups is 1. The summed E-state index contributed by atoms with van der Waals surface area (Å²) in [5.41, 5.74) is 0. The van der Waals surface area contributed by atoms with Crippen LogP contribution in [-0.2, 0) is 0 Å². The Labute approximate surface area is 117 Å². The molecule has 0 aromatic carbocycles.